The van der Waals surface area contributed by atoms with Gasteiger partial charge in [0.15, 0.2) is 5.13 Å². The Kier molecular flexibility index (Phi) is 15.0. The van der Waals surface area contributed by atoms with Crippen molar-refractivity contribution in [2.75, 3.05) is 12.3 Å². The van der Waals surface area contributed by atoms with E-state index >= 15 is 0 Å². The molecule has 0 saturated heterocycles. The second-order valence-corrected chi connectivity index (χ2v) is 8.69. The fourth-order valence-corrected chi connectivity index (χ4v) is 4.25. The van der Waals surface area contributed by atoms with Crippen molar-refractivity contribution < 1.29 is 9.53 Å². The van der Waals surface area contributed by atoms with Crippen LogP contribution in [0.5, 0.6) is 0 Å². The summed E-state index contributed by atoms with van der Waals surface area (Å²) >= 11 is 1.39. The Morgan fingerprint density at radius 1 is 0.929 bits per heavy atom. The Morgan fingerprint density at radius 3 is 1.86 bits per heavy atom. The van der Waals surface area contributed by atoms with Crippen molar-refractivity contribution in [3.05, 3.63) is 11.1 Å². The van der Waals surface area contributed by atoms with Gasteiger partial charge in [0.1, 0.15) is 0 Å². The van der Waals surface area contributed by atoms with E-state index in [2.05, 4.69) is 11.9 Å². The Morgan fingerprint density at radius 2 is 1.43 bits per heavy atom. The standard InChI is InChI=1S/C23H42N2O2S/c1-3-5-6-7-8-9-10-11-12-13-14-15-16-17-18-20(22(26)27-4-2)21-19-28-23(24)25-21/h19-20H,3-18H2,1-2H3,(H2,24,25)/t20-/m1/s1. The average Bonchev–Trinajstić information content (AvgIpc) is 3.11. The Hall–Kier alpha value is -1.10. The Balaban J connectivity index is 2.03. The number of thiazole rings is 1. The maximum absolute atomic E-state index is 12.2. The second-order valence-electron chi connectivity index (χ2n) is 7.80. The van der Waals surface area contributed by atoms with Crippen molar-refractivity contribution in [2.24, 2.45) is 0 Å². The number of nitrogens with two attached hydrogens (primary N) is 1. The molecule has 28 heavy (non-hydrogen) atoms. The van der Waals surface area contributed by atoms with Crippen molar-refractivity contribution in [2.45, 2.75) is 116 Å². The zero-order valence-electron chi connectivity index (χ0n) is 18.2. The molecule has 1 heterocycles. The summed E-state index contributed by atoms with van der Waals surface area (Å²) in [4.78, 5) is 16.5. The molecule has 5 heteroatoms. The number of hydrogen-bond donors (Lipinski definition) is 1. The maximum atomic E-state index is 12.2. The molecule has 0 radical (unpaired) electrons. The van der Waals surface area contributed by atoms with Gasteiger partial charge in [0.2, 0.25) is 0 Å². The molecule has 1 aromatic rings. The van der Waals surface area contributed by atoms with Crippen LogP contribution < -0.4 is 5.73 Å². The summed E-state index contributed by atoms with van der Waals surface area (Å²) in [7, 11) is 0. The molecule has 0 amide bonds. The minimum absolute atomic E-state index is 0.164. The van der Waals surface area contributed by atoms with E-state index in [1.54, 1.807) is 0 Å². The van der Waals surface area contributed by atoms with Gasteiger partial charge in [-0.3, -0.25) is 4.79 Å². The van der Waals surface area contributed by atoms with E-state index in [9.17, 15) is 4.79 Å². The molecule has 1 atom stereocenters. The third-order valence-corrected chi connectivity index (χ3v) is 6.01. The largest absolute Gasteiger partial charge is 0.465 e. The SMILES string of the molecule is CCCCCCCCCCCCCCCC[C@@H](C(=O)OCC)c1csc(N)n1. The highest BCUT2D eigenvalue weighted by Gasteiger charge is 2.24. The van der Waals surface area contributed by atoms with E-state index in [0.29, 0.717) is 11.7 Å². The summed E-state index contributed by atoms with van der Waals surface area (Å²) in [6, 6.07) is 0. The zero-order chi connectivity index (χ0) is 20.5. The molecule has 162 valence electrons. The lowest BCUT2D eigenvalue weighted by Gasteiger charge is -2.13. The van der Waals surface area contributed by atoms with Gasteiger partial charge >= 0.3 is 5.97 Å². The molecule has 0 fully saturated rings. The number of hydrogen-bond acceptors (Lipinski definition) is 5. The number of esters is 1. The van der Waals surface area contributed by atoms with Crippen molar-refractivity contribution in [3.63, 3.8) is 0 Å². The highest BCUT2D eigenvalue weighted by atomic mass is 32.1. The molecular formula is C23H42N2O2S. The fourth-order valence-electron chi connectivity index (χ4n) is 3.63. The molecule has 2 N–H and O–H groups in total. The van der Waals surface area contributed by atoms with Crippen LogP contribution in [0.2, 0.25) is 0 Å². The van der Waals surface area contributed by atoms with Crippen molar-refractivity contribution in [1.29, 1.82) is 0 Å². The lowest BCUT2D eigenvalue weighted by atomic mass is 9.97. The first-order valence-corrected chi connectivity index (χ1v) is 12.4. The quantitative estimate of drug-likeness (QED) is 0.204. The molecular weight excluding hydrogens is 368 g/mol. The molecule has 1 aromatic heterocycles. The van der Waals surface area contributed by atoms with Crippen LogP contribution in [0, 0.1) is 0 Å². The van der Waals surface area contributed by atoms with Crippen molar-refractivity contribution >= 4 is 22.4 Å². The topological polar surface area (TPSA) is 65.2 Å². The van der Waals surface area contributed by atoms with E-state index < -0.39 is 0 Å². The van der Waals surface area contributed by atoms with Gasteiger partial charge in [0.25, 0.3) is 0 Å². The Bertz CT molecular complexity index is 505. The van der Waals surface area contributed by atoms with Crippen LogP contribution in [0.25, 0.3) is 0 Å². The van der Waals surface area contributed by atoms with E-state index in [1.165, 1.54) is 94.8 Å². The van der Waals surface area contributed by atoms with Gasteiger partial charge in [-0.1, -0.05) is 96.8 Å². The lowest BCUT2D eigenvalue weighted by molar-refractivity contribution is -0.145. The molecule has 0 aromatic carbocycles. The smallest absolute Gasteiger partial charge is 0.315 e. The van der Waals surface area contributed by atoms with E-state index in [4.69, 9.17) is 10.5 Å². The van der Waals surface area contributed by atoms with Gasteiger partial charge in [-0.25, -0.2) is 4.98 Å². The first-order chi connectivity index (χ1) is 13.7. The summed E-state index contributed by atoms with van der Waals surface area (Å²) < 4.78 is 5.22. The maximum Gasteiger partial charge on any atom is 0.315 e. The zero-order valence-corrected chi connectivity index (χ0v) is 19.0. The number of carbonyl (C=O) groups excluding carboxylic acids is 1. The van der Waals surface area contributed by atoms with E-state index in [1.807, 2.05) is 12.3 Å². The molecule has 0 unspecified atom stereocenters. The summed E-state index contributed by atoms with van der Waals surface area (Å²) in [6.07, 6.45) is 19.5. The van der Waals surface area contributed by atoms with E-state index in [-0.39, 0.29) is 11.9 Å². The Labute approximate surface area is 176 Å². The molecule has 0 aliphatic carbocycles. The average molecular weight is 411 g/mol. The first-order valence-electron chi connectivity index (χ1n) is 11.6. The van der Waals surface area contributed by atoms with Gasteiger partial charge < -0.3 is 10.5 Å². The molecule has 4 nitrogen and oxygen atoms in total. The molecule has 0 bridgehead atoms. The van der Waals surface area contributed by atoms with Crippen LogP contribution in [0.4, 0.5) is 5.13 Å². The third-order valence-electron chi connectivity index (χ3n) is 5.31. The van der Waals surface area contributed by atoms with Gasteiger partial charge in [-0.2, -0.15) is 0 Å². The molecule has 0 saturated carbocycles. The monoisotopic (exact) mass is 410 g/mol. The van der Waals surface area contributed by atoms with Crippen LogP contribution in [0.1, 0.15) is 122 Å². The lowest BCUT2D eigenvalue weighted by Crippen LogP contribution is -2.16. The number of unbranched alkanes of at least 4 members (excludes halogenated alkanes) is 13. The number of nitrogen functional groups attached to an aromatic ring is 1. The van der Waals surface area contributed by atoms with Crippen molar-refractivity contribution in [1.82, 2.24) is 4.98 Å². The minimum atomic E-state index is -0.258. The summed E-state index contributed by atoms with van der Waals surface area (Å²) in [5.74, 6) is -0.423. The number of aromatic nitrogens is 1. The van der Waals surface area contributed by atoms with Crippen LogP contribution in [-0.4, -0.2) is 17.6 Å². The predicted molar refractivity (Wildman–Crippen MR) is 121 cm³/mol. The fraction of sp³-hybridized carbons (Fsp3) is 0.826. The summed E-state index contributed by atoms with van der Waals surface area (Å²) in [5, 5.41) is 2.41. The number of carbonyl (C=O) groups is 1. The van der Waals surface area contributed by atoms with Crippen LogP contribution >= 0.6 is 11.3 Å². The predicted octanol–water partition coefficient (Wildman–Crippen LogP) is 7.24. The number of anilines is 1. The first kappa shape index (κ1) is 24.9. The summed E-state index contributed by atoms with van der Waals surface area (Å²) in [6.45, 7) is 4.53. The van der Waals surface area contributed by atoms with Gasteiger partial charge in [0, 0.05) is 5.38 Å². The highest BCUT2D eigenvalue weighted by Crippen LogP contribution is 2.27. The van der Waals surface area contributed by atoms with Crippen LogP contribution in [0.3, 0.4) is 0 Å². The third kappa shape index (κ3) is 11.7. The summed E-state index contributed by atoms with van der Waals surface area (Å²) in [5.41, 5.74) is 6.50. The molecule has 0 spiro atoms. The normalized spacial score (nSPS) is 12.2. The molecule has 0 aliphatic rings. The molecule has 0 aliphatic heterocycles. The van der Waals surface area contributed by atoms with Gasteiger partial charge in [-0.05, 0) is 13.3 Å². The van der Waals surface area contributed by atoms with Crippen LogP contribution in [0.15, 0.2) is 5.38 Å². The number of rotatable bonds is 18. The van der Waals surface area contributed by atoms with Gasteiger partial charge in [0.05, 0.1) is 18.2 Å². The van der Waals surface area contributed by atoms with E-state index in [0.717, 1.165) is 18.5 Å². The van der Waals surface area contributed by atoms with Crippen molar-refractivity contribution in [3.8, 4) is 0 Å². The minimum Gasteiger partial charge on any atom is -0.465 e. The number of ether oxygens (including phenoxy) is 1. The second kappa shape index (κ2) is 16.8. The highest BCUT2D eigenvalue weighted by molar-refractivity contribution is 7.13. The van der Waals surface area contributed by atoms with Gasteiger partial charge in [-0.15, -0.1) is 11.3 Å². The molecule has 1 rings (SSSR count). The van der Waals surface area contributed by atoms with Crippen LogP contribution in [-0.2, 0) is 9.53 Å². The number of nitrogens with zero attached hydrogens (tertiary/aromatic N) is 1.